The molecule has 1 N–H and O–H groups in total. The van der Waals surface area contributed by atoms with E-state index in [4.69, 9.17) is 0 Å². The zero-order valence-electron chi connectivity index (χ0n) is 12.7. The third kappa shape index (κ3) is 2.30. The maximum absolute atomic E-state index is 14.0. The van der Waals surface area contributed by atoms with Crippen LogP contribution in [-0.4, -0.2) is 36.3 Å². The van der Waals surface area contributed by atoms with Gasteiger partial charge in [-0.25, -0.2) is 12.8 Å². The second-order valence-corrected chi connectivity index (χ2v) is 7.53. The van der Waals surface area contributed by atoms with Crippen molar-refractivity contribution in [1.29, 1.82) is 0 Å². The fraction of sp³-hybridized carbons (Fsp3) is 0.250. The largest absolute Gasteiger partial charge is 0.315 e. The summed E-state index contributed by atoms with van der Waals surface area (Å²) in [6, 6.07) is 8.89. The Morgan fingerprint density at radius 1 is 1.21 bits per heavy atom. The van der Waals surface area contributed by atoms with Crippen molar-refractivity contribution in [1.82, 2.24) is 20.1 Å². The Labute approximate surface area is 138 Å². The van der Waals surface area contributed by atoms with Crippen LogP contribution in [0.4, 0.5) is 4.39 Å². The molecule has 0 saturated carbocycles. The lowest BCUT2D eigenvalue weighted by Gasteiger charge is -2.09. The monoisotopic (exact) mass is 346 g/mol. The van der Waals surface area contributed by atoms with Crippen molar-refractivity contribution in [2.24, 2.45) is 0 Å². The minimum atomic E-state index is -4.09. The summed E-state index contributed by atoms with van der Waals surface area (Å²) >= 11 is 0. The molecule has 1 unspecified atom stereocenters. The number of sulfone groups is 1. The second-order valence-electron chi connectivity index (χ2n) is 5.70. The van der Waals surface area contributed by atoms with Crippen LogP contribution < -0.4 is 5.32 Å². The number of pyridine rings is 1. The average molecular weight is 346 g/mol. The lowest BCUT2D eigenvalue weighted by molar-refractivity contribution is 0.492. The third-order valence-corrected chi connectivity index (χ3v) is 5.89. The number of rotatable bonds is 3. The molecule has 1 aliphatic rings. The zero-order valence-corrected chi connectivity index (χ0v) is 13.5. The average Bonchev–Trinajstić information content (AvgIpc) is 3.22. The number of hydrogen-bond acceptors (Lipinski definition) is 5. The van der Waals surface area contributed by atoms with E-state index in [2.05, 4.69) is 15.4 Å². The molecule has 1 saturated heterocycles. The normalized spacial score (nSPS) is 18.3. The lowest BCUT2D eigenvalue weighted by atomic mass is 10.2. The fourth-order valence-corrected chi connectivity index (χ4v) is 4.42. The summed E-state index contributed by atoms with van der Waals surface area (Å²) in [6.45, 7) is 1.56. The molecule has 24 heavy (non-hydrogen) atoms. The Morgan fingerprint density at radius 3 is 2.79 bits per heavy atom. The van der Waals surface area contributed by atoms with E-state index in [0.29, 0.717) is 12.1 Å². The Balaban J connectivity index is 1.96. The Bertz CT molecular complexity index is 1010. The minimum Gasteiger partial charge on any atom is -0.315 e. The second kappa shape index (κ2) is 5.64. The van der Waals surface area contributed by atoms with Gasteiger partial charge in [0, 0.05) is 12.7 Å². The molecule has 0 aliphatic carbocycles. The molecule has 3 aromatic rings. The van der Waals surface area contributed by atoms with Gasteiger partial charge in [0.05, 0.1) is 11.6 Å². The van der Waals surface area contributed by atoms with E-state index >= 15 is 0 Å². The van der Waals surface area contributed by atoms with Gasteiger partial charge in [0.25, 0.3) is 0 Å². The molecule has 3 heterocycles. The van der Waals surface area contributed by atoms with E-state index in [1.807, 2.05) is 0 Å². The van der Waals surface area contributed by atoms with Gasteiger partial charge in [-0.05, 0) is 37.2 Å². The molecule has 1 atom stereocenters. The summed E-state index contributed by atoms with van der Waals surface area (Å²) in [5, 5.41) is 7.35. The Morgan fingerprint density at radius 2 is 2.04 bits per heavy atom. The molecule has 0 amide bonds. The molecule has 4 rings (SSSR count). The van der Waals surface area contributed by atoms with Crippen LogP contribution >= 0.6 is 0 Å². The van der Waals surface area contributed by atoms with E-state index < -0.39 is 15.7 Å². The van der Waals surface area contributed by atoms with Crippen LogP contribution in [0.25, 0.3) is 11.0 Å². The molecular weight excluding hydrogens is 331 g/mol. The Hall–Kier alpha value is -2.32. The molecule has 1 fully saturated rings. The zero-order chi connectivity index (χ0) is 16.7. The first-order valence-electron chi connectivity index (χ1n) is 7.62. The van der Waals surface area contributed by atoms with E-state index in [0.717, 1.165) is 19.0 Å². The van der Waals surface area contributed by atoms with E-state index in [1.54, 1.807) is 16.8 Å². The first-order valence-corrected chi connectivity index (χ1v) is 9.11. The highest BCUT2D eigenvalue weighted by molar-refractivity contribution is 7.91. The van der Waals surface area contributed by atoms with Gasteiger partial charge in [-0.15, -0.1) is 0 Å². The summed E-state index contributed by atoms with van der Waals surface area (Å²) in [4.78, 5) is 3.81. The molecule has 0 spiro atoms. The SMILES string of the molecule is O=S(=O)(c1ccccc1F)c1nn(C2CCNC2)c2cccnc12. The summed E-state index contributed by atoms with van der Waals surface area (Å²) in [5.41, 5.74) is 0.911. The highest BCUT2D eigenvalue weighted by Crippen LogP contribution is 2.30. The number of benzene rings is 1. The molecule has 8 heteroatoms. The summed E-state index contributed by atoms with van der Waals surface area (Å²) < 4.78 is 41.6. The van der Waals surface area contributed by atoms with Crippen LogP contribution in [0.3, 0.4) is 0 Å². The molecule has 6 nitrogen and oxygen atoms in total. The van der Waals surface area contributed by atoms with E-state index in [-0.39, 0.29) is 21.5 Å². The molecular formula is C16H15FN4O2S. The predicted molar refractivity (Wildman–Crippen MR) is 85.9 cm³/mol. The first-order chi connectivity index (χ1) is 11.6. The number of halogens is 1. The standard InChI is InChI=1S/C16H15FN4O2S/c17-12-4-1-2-6-14(12)24(22,23)16-15-13(5-3-8-19-15)21(20-16)11-7-9-18-10-11/h1-6,8,11,18H,7,9-10H2. The minimum absolute atomic E-state index is 0.0567. The predicted octanol–water partition coefficient (Wildman–Crippen LogP) is 1.94. The smallest absolute Gasteiger partial charge is 0.230 e. The molecule has 2 aromatic heterocycles. The van der Waals surface area contributed by atoms with Crippen LogP contribution in [0.5, 0.6) is 0 Å². The summed E-state index contributed by atoms with van der Waals surface area (Å²) in [7, 11) is -4.09. The molecule has 124 valence electrons. The van der Waals surface area contributed by atoms with Crippen molar-refractivity contribution in [2.45, 2.75) is 22.4 Å². The maximum Gasteiger partial charge on any atom is 0.230 e. The third-order valence-electron chi connectivity index (χ3n) is 4.20. The number of fused-ring (bicyclic) bond motifs is 1. The molecule has 1 aliphatic heterocycles. The van der Waals surface area contributed by atoms with Gasteiger partial charge in [-0.2, -0.15) is 5.10 Å². The highest BCUT2D eigenvalue weighted by atomic mass is 32.2. The van der Waals surface area contributed by atoms with Crippen molar-refractivity contribution in [3.05, 3.63) is 48.4 Å². The molecule has 0 radical (unpaired) electrons. The van der Waals surface area contributed by atoms with Crippen LogP contribution in [0.1, 0.15) is 12.5 Å². The van der Waals surface area contributed by atoms with Gasteiger partial charge in [0.15, 0.2) is 0 Å². The van der Waals surface area contributed by atoms with E-state index in [1.165, 1.54) is 24.4 Å². The van der Waals surface area contributed by atoms with Crippen molar-refractivity contribution in [3.8, 4) is 0 Å². The van der Waals surface area contributed by atoms with Gasteiger partial charge in [-0.1, -0.05) is 12.1 Å². The Kier molecular flexibility index (Phi) is 3.58. The molecule has 0 bridgehead atoms. The molecule has 1 aromatic carbocycles. The first kappa shape index (κ1) is 15.2. The van der Waals surface area contributed by atoms with Crippen molar-refractivity contribution < 1.29 is 12.8 Å². The van der Waals surface area contributed by atoms with Crippen molar-refractivity contribution in [2.75, 3.05) is 13.1 Å². The number of nitrogens with one attached hydrogen (secondary N) is 1. The van der Waals surface area contributed by atoms with Gasteiger partial charge in [-0.3, -0.25) is 9.67 Å². The van der Waals surface area contributed by atoms with Crippen LogP contribution in [-0.2, 0) is 9.84 Å². The van der Waals surface area contributed by atoms with Gasteiger partial charge >= 0.3 is 0 Å². The summed E-state index contributed by atoms with van der Waals surface area (Å²) in [5.74, 6) is -0.793. The van der Waals surface area contributed by atoms with Crippen molar-refractivity contribution in [3.63, 3.8) is 0 Å². The highest BCUT2D eigenvalue weighted by Gasteiger charge is 2.30. The van der Waals surface area contributed by atoms with Crippen LogP contribution in [0.2, 0.25) is 0 Å². The van der Waals surface area contributed by atoms with Crippen LogP contribution in [0.15, 0.2) is 52.5 Å². The van der Waals surface area contributed by atoms with Crippen molar-refractivity contribution >= 4 is 20.9 Å². The topological polar surface area (TPSA) is 76.9 Å². The quantitative estimate of drug-likeness (QED) is 0.784. The summed E-state index contributed by atoms with van der Waals surface area (Å²) in [6.07, 6.45) is 2.37. The van der Waals surface area contributed by atoms with E-state index in [9.17, 15) is 12.8 Å². The number of aromatic nitrogens is 3. The van der Waals surface area contributed by atoms with Gasteiger partial charge < -0.3 is 5.32 Å². The number of hydrogen-bond donors (Lipinski definition) is 1. The van der Waals surface area contributed by atoms with Gasteiger partial charge in [0.1, 0.15) is 16.2 Å². The van der Waals surface area contributed by atoms with Crippen LogP contribution in [0, 0.1) is 5.82 Å². The maximum atomic E-state index is 14.0. The fourth-order valence-electron chi connectivity index (χ4n) is 3.02. The lowest BCUT2D eigenvalue weighted by Crippen LogP contribution is -2.15. The van der Waals surface area contributed by atoms with Gasteiger partial charge in [0.2, 0.25) is 14.9 Å². The number of nitrogens with zero attached hydrogens (tertiary/aromatic N) is 3.